The summed E-state index contributed by atoms with van der Waals surface area (Å²) in [5.74, 6) is -0.938. The molecule has 2 aromatic carbocycles. The summed E-state index contributed by atoms with van der Waals surface area (Å²) >= 11 is 0. The van der Waals surface area contributed by atoms with Gasteiger partial charge in [-0.2, -0.15) is 0 Å². The molecule has 8 nitrogen and oxygen atoms in total. The van der Waals surface area contributed by atoms with E-state index >= 15 is 0 Å². The van der Waals surface area contributed by atoms with Gasteiger partial charge in [0.2, 0.25) is 10.0 Å². The van der Waals surface area contributed by atoms with Crippen LogP contribution in [0.1, 0.15) is 11.1 Å². The number of esters is 1. The third kappa shape index (κ3) is 6.21. The van der Waals surface area contributed by atoms with E-state index in [0.29, 0.717) is 22.7 Å². The number of hydrogen-bond donors (Lipinski definition) is 1. The molecular weight excluding hydrogens is 396 g/mol. The first-order chi connectivity index (χ1) is 13.6. The lowest BCUT2D eigenvalue weighted by Gasteiger charge is -2.23. The molecule has 0 unspecified atom stereocenters. The Kier molecular flexibility index (Phi) is 7.22. The van der Waals surface area contributed by atoms with E-state index in [1.807, 2.05) is 13.0 Å². The molecule has 0 aliphatic heterocycles. The summed E-state index contributed by atoms with van der Waals surface area (Å²) in [6.07, 6.45) is 1.00. The maximum absolute atomic E-state index is 12.2. The summed E-state index contributed by atoms with van der Waals surface area (Å²) in [5, 5.41) is 2.61. The van der Waals surface area contributed by atoms with Crippen molar-refractivity contribution in [2.45, 2.75) is 13.8 Å². The fourth-order valence-corrected chi connectivity index (χ4v) is 3.54. The molecule has 29 heavy (non-hydrogen) atoms. The molecule has 0 fully saturated rings. The number of amides is 1. The van der Waals surface area contributed by atoms with E-state index in [2.05, 4.69) is 5.32 Å². The number of benzene rings is 2. The molecule has 2 rings (SSSR count). The highest BCUT2D eigenvalue weighted by molar-refractivity contribution is 7.92. The van der Waals surface area contributed by atoms with Crippen LogP contribution in [-0.4, -0.2) is 46.8 Å². The minimum Gasteiger partial charge on any atom is -0.495 e. The molecule has 0 saturated heterocycles. The van der Waals surface area contributed by atoms with Gasteiger partial charge in [0.1, 0.15) is 12.3 Å². The topological polar surface area (TPSA) is 102 Å². The zero-order chi connectivity index (χ0) is 21.6. The lowest BCUT2D eigenvalue weighted by molar-refractivity contribution is -0.145. The first-order valence-electron chi connectivity index (χ1n) is 8.75. The van der Waals surface area contributed by atoms with E-state index in [1.54, 1.807) is 43.3 Å². The lowest BCUT2D eigenvalue weighted by Crippen LogP contribution is -2.37. The Labute approximate surface area is 170 Å². The molecule has 0 aliphatic rings. The van der Waals surface area contributed by atoms with Gasteiger partial charge < -0.3 is 14.8 Å². The number of aryl methyl sites for hydroxylation is 2. The smallest absolute Gasteiger partial charge is 0.327 e. The Morgan fingerprint density at radius 2 is 1.79 bits per heavy atom. The standard InChI is InChI=1S/C20H24N2O6S/c1-14-9-10-18(27-3)16(11-14)21-19(23)13-28-20(24)12-22(29(4,25)26)17-8-6-5-7-15(17)2/h5-11H,12-13H2,1-4H3,(H,21,23). The van der Waals surface area contributed by atoms with Gasteiger partial charge in [-0.25, -0.2) is 8.42 Å². The van der Waals surface area contributed by atoms with Crippen molar-refractivity contribution in [2.75, 3.05) is 36.1 Å². The zero-order valence-electron chi connectivity index (χ0n) is 16.8. The second-order valence-corrected chi connectivity index (χ2v) is 8.38. The molecular formula is C20H24N2O6S. The van der Waals surface area contributed by atoms with E-state index in [4.69, 9.17) is 9.47 Å². The van der Waals surface area contributed by atoms with E-state index in [9.17, 15) is 18.0 Å². The Bertz CT molecular complexity index is 1000. The van der Waals surface area contributed by atoms with Crippen molar-refractivity contribution in [3.05, 3.63) is 53.6 Å². The third-order valence-electron chi connectivity index (χ3n) is 4.05. The summed E-state index contributed by atoms with van der Waals surface area (Å²) in [7, 11) is -2.24. The number of carbonyl (C=O) groups excluding carboxylic acids is 2. The van der Waals surface area contributed by atoms with E-state index in [1.165, 1.54) is 7.11 Å². The molecule has 0 radical (unpaired) electrons. The first-order valence-corrected chi connectivity index (χ1v) is 10.6. The van der Waals surface area contributed by atoms with Crippen LogP contribution in [0.2, 0.25) is 0 Å². The molecule has 0 atom stereocenters. The largest absolute Gasteiger partial charge is 0.495 e. The zero-order valence-corrected chi connectivity index (χ0v) is 17.6. The van der Waals surface area contributed by atoms with Crippen LogP contribution >= 0.6 is 0 Å². The van der Waals surface area contributed by atoms with Crippen molar-refractivity contribution in [1.29, 1.82) is 0 Å². The van der Waals surface area contributed by atoms with Crippen LogP contribution in [0, 0.1) is 13.8 Å². The highest BCUT2D eigenvalue weighted by atomic mass is 32.2. The third-order valence-corrected chi connectivity index (χ3v) is 5.18. The van der Waals surface area contributed by atoms with Gasteiger partial charge in [-0.1, -0.05) is 24.3 Å². The van der Waals surface area contributed by atoms with Gasteiger partial charge in [0.15, 0.2) is 6.61 Å². The Balaban J connectivity index is 2.02. The Morgan fingerprint density at radius 3 is 2.41 bits per heavy atom. The fourth-order valence-electron chi connectivity index (χ4n) is 2.64. The predicted octanol–water partition coefficient (Wildman–Crippen LogP) is 2.26. The molecule has 0 bridgehead atoms. The number of nitrogens with zero attached hydrogens (tertiary/aromatic N) is 1. The summed E-state index contributed by atoms with van der Waals surface area (Å²) in [6, 6.07) is 12.0. The molecule has 0 aliphatic carbocycles. The Hall–Kier alpha value is -3.07. The van der Waals surface area contributed by atoms with Crippen LogP contribution in [0.4, 0.5) is 11.4 Å². The number of anilines is 2. The quantitative estimate of drug-likeness (QED) is 0.658. The van der Waals surface area contributed by atoms with Crippen LogP contribution < -0.4 is 14.4 Å². The molecule has 1 N–H and O–H groups in total. The summed E-state index contributed by atoms with van der Waals surface area (Å²) in [6.45, 7) is 2.51. The van der Waals surface area contributed by atoms with Gasteiger partial charge in [0, 0.05) is 0 Å². The minimum absolute atomic E-state index is 0.376. The average Bonchev–Trinajstić information content (AvgIpc) is 2.64. The molecule has 0 saturated carbocycles. The summed E-state index contributed by atoms with van der Waals surface area (Å²) < 4.78 is 35.4. The van der Waals surface area contributed by atoms with Crippen molar-refractivity contribution < 1.29 is 27.5 Å². The number of carbonyl (C=O) groups is 2. The highest BCUT2D eigenvalue weighted by Gasteiger charge is 2.23. The maximum atomic E-state index is 12.2. The van der Waals surface area contributed by atoms with Crippen LogP contribution in [-0.2, 0) is 24.3 Å². The minimum atomic E-state index is -3.72. The van der Waals surface area contributed by atoms with Crippen molar-refractivity contribution >= 4 is 33.3 Å². The van der Waals surface area contributed by atoms with Crippen LogP contribution in [0.25, 0.3) is 0 Å². The van der Waals surface area contributed by atoms with E-state index in [-0.39, 0.29) is 0 Å². The van der Waals surface area contributed by atoms with Gasteiger partial charge >= 0.3 is 5.97 Å². The molecule has 1 amide bonds. The van der Waals surface area contributed by atoms with Crippen molar-refractivity contribution in [3.63, 3.8) is 0 Å². The van der Waals surface area contributed by atoms with Crippen LogP contribution in [0.5, 0.6) is 5.75 Å². The maximum Gasteiger partial charge on any atom is 0.327 e. The Morgan fingerprint density at radius 1 is 1.10 bits per heavy atom. The van der Waals surface area contributed by atoms with Gasteiger partial charge in [-0.15, -0.1) is 0 Å². The average molecular weight is 420 g/mol. The summed E-state index contributed by atoms with van der Waals surface area (Å²) in [4.78, 5) is 24.3. The molecule has 0 spiro atoms. The number of rotatable bonds is 8. The van der Waals surface area contributed by atoms with Gasteiger partial charge in [-0.3, -0.25) is 13.9 Å². The summed E-state index contributed by atoms with van der Waals surface area (Å²) in [5.41, 5.74) is 2.43. The highest BCUT2D eigenvalue weighted by Crippen LogP contribution is 2.25. The number of methoxy groups -OCH3 is 1. The number of sulfonamides is 1. The molecule has 0 aromatic heterocycles. The molecule has 9 heteroatoms. The van der Waals surface area contributed by atoms with Crippen molar-refractivity contribution in [3.8, 4) is 5.75 Å². The van der Waals surface area contributed by atoms with E-state index < -0.39 is 35.1 Å². The molecule has 0 heterocycles. The monoisotopic (exact) mass is 420 g/mol. The molecule has 156 valence electrons. The molecule has 2 aromatic rings. The number of para-hydroxylation sites is 1. The number of hydrogen-bond acceptors (Lipinski definition) is 6. The SMILES string of the molecule is COc1ccc(C)cc1NC(=O)COC(=O)CN(c1ccccc1C)S(C)(=O)=O. The van der Waals surface area contributed by atoms with Crippen molar-refractivity contribution in [2.24, 2.45) is 0 Å². The first kappa shape index (κ1) is 22.2. The number of ether oxygens (including phenoxy) is 2. The van der Waals surface area contributed by atoms with Crippen molar-refractivity contribution in [1.82, 2.24) is 0 Å². The fraction of sp³-hybridized carbons (Fsp3) is 0.300. The lowest BCUT2D eigenvalue weighted by atomic mass is 10.2. The van der Waals surface area contributed by atoms with Crippen LogP contribution in [0.3, 0.4) is 0 Å². The van der Waals surface area contributed by atoms with Gasteiger partial charge in [0.05, 0.1) is 24.7 Å². The van der Waals surface area contributed by atoms with Gasteiger partial charge in [0.25, 0.3) is 5.91 Å². The normalized spacial score (nSPS) is 10.9. The predicted molar refractivity (Wildman–Crippen MR) is 111 cm³/mol. The number of nitrogens with one attached hydrogen (secondary N) is 1. The second kappa shape index (κ2) is 9.42. The van der Waals surface area contributed by atoms with Crippen LogP contribution in [0.15, 0.2) is 42.5 Å². The van der Waals surface area contributed by atoms with Gasteiger partial charge in [-0.05, 0) is 43.2 Å². The van der Waals surface area contributed by atoms with E-state index in [0.717, 1.165) is 16.1 Å². The second-order valence-electron chi connectivity index (χ2n) is 6.47.